The van der Waals surface area contributed by atoms with E-state index in [1.54, 1.807) is 37.4 Å². The Kier molecular flexibility index (Phi) is 5.50. The van der Waals surface area contributed by atoms with Crippen LogP contribution in [0.15, 0.2) is 36.4 Å². The Balaban J connectivity index is 2.24. The molecule has 0 aliphatic rings. The molecule has 0 atom stereocenters. The second-order valence-corrected chi connectivity index (χ2v) is 5.88. The number of aryl methyl sites for hydroxylation is 1. The highest BCUT2D eigenvalue weighted by atomic mass is 35.5. The van der Waals surface area contributed by atoms with Crippen molar-refractivity contribution in [2.75, 3.05) is 12.4 Å². The summed E-state index contributed by atoms with van der Waals surface area (Å²) >= 11 is 5.98. The molecule has 0 fully saturated rings. The normalized spacial score (nSPS) is 10.5. The number of halogens is 1. The maximum Gasteiger partial charge on any atom is 0.255 e. The predicted octanol–water partition coefficient (Wildman–Crippen LogP) is 4.70. The standard InChI is InChI=1S/C18H20ClNO3/c1-11(2)23-16-8-6-13(9-17(16)22-4)18(21)20-15-10-14(19)7-5-12(15)3/h5-11H,1-4H3,(H,20,21). The van der Waals surface area contributed by atoms with E-state index < -0.39 is 0 Å². The molecule has 0 saturated carbocycles. The van der Waals surface area contributed by atoms with E-state index >= 15 is 0 Å². The molecule has 0 aromatic heterocycles. The van der Waals surface area contributed by atoms with Gasteiger partial charge >= 0.3 is 0 Å². The maximum absolute atomic E-state index is 12.4. The molecule has 5 heteroatoms. The molecule has 23 heavy (non-hydrogen) atoms. The van der Waals surface area contributed by atoms with Crippen LogP contribution >= 0.6 is 11.6 Å². The molecule has 4 nitrogen and oxygen atoms in total. The summed E-state index contributed by atoms with van der Waals surface area (Å²) < 4.78 is 11.0. The lowest BCUT2D eigenvalue weighted by molar-refractivity contribution is 0.102. The van der Waals surface area contributed by atoms with Gasteiger partial charge in [-0.1, -0.05) is 17.7 Å². The van der Waals surface area contributed by atoms with Gasteiger partial charge in [0.1, 0.15) is 0 Å². The zero-order valence-corrected chi connectivity index (χ0v) is 14.4. The van der Waals surface area contributed by atoms with Gasteiger partial charge in [0.25, 0.3) is 5.91 Å². The summed E-state index contributed by atoms with van der Waals surface area (Å²) in [5, 5.41) is 3.43. The fourth-order valence-corrected chi connectivity index (χ4v) is 2.26. The van der Waals surface area contributed by atoms with Crippen molar-refractivity contribution < 1.29 is 14.3 Å². The number of nitrogens with one attached hydrogen (secondary N) is 1. The first kappa shape index (κ1) is 17.2. The van der Waals surface area contributed by atoms with Crippen molar-refractivity contribution in [2.45, 2.75) is 26.9 Å². The van der Waals surface area contributed by atoms with Gasteiger partial charge in [0, 0.05) is 16.3 Å². The number of anilines is 1. The van der Waals surface area contributed by atoms with Gasteiger partial charge in [0.15, 0.2) is 11.5 Å². The molecule has 0 aliphatic heterocycles. The minimum absolute atomic E-state index is 0.0256. The third kappa shape index (κ3) is 4.39. The van der Waals surface area contributed by atoms with E-state index in [9.17, 15) is 4.79 Å². The van der Waals surface area contributed by atoms with Crippen LogP contribution < -0.4 is 14.8 Å². The first-order chi connectivity index (χ1) is 10.9. The van der Waals surface area contributed by atoms with Gasteiger partial charge < -0.3 is 14.8 Å². The molecule has 0 spiro atoms. The molecule has 0 aliphatic carbocycles. The third-order valence-corrected chi connectivity index (χ3v) is 3.47. The Morgan fingerprint density at radius 1 is 1.13 bits per heavy atom. The lowest BCUT2D eigenvalue weighted by Crippen LogP contribution is -2.13. The summed E-state index contributed by atoms with van der Waals surface area (Å²) in [5.74, 6) is 0.900. The van der Waals surface area contributed by atoms with E-state index in [1.807, 2.05) is 26.8 Å². The van der Waals surface area contributed by atoms with Crippen molar-refractivity contribution in [1.82, 2.24) is 0 Å². The molecular weight excluding hydrogens is 314 g/mol. The average molecular weight is 334 g/mol. The molecule has 0 saturated heterocycles. The predicted molar refractivity (Wildman–Crippen MR) is 92.9 cm³/mol. The number of rotatable bonds is 5. The molecular formula is C18H20ClNO3. The van der Waals surface area contributed by atoms with Gasteiger partial charge in [-0.3, -0.25) is 4.79 Å². The molecule has 1 N–H and O–H groups in total. The summed E-state index contributed by atoms with van der Waals surface area (Å²) in [6.45, 7) is 5.77. The van der Waals surface area contributed by atoms with Gasteiger partial charge in [-0.25, -0.2) is 0 Å². The molecule has 0 bridgehead atoms. The van der Waals surface area contributed by atoms with Gasteiger partial charge in [0.2, 0.25) is 0 Å². The van der Waals surface area contributed by atoms with E-state index in [2.05, 4.69) is 5.32 Å². The van der Waals surface area contributed by atoms with Gasteiger partial charge in [-0.15, -0.1) is 0 Å². The largest absolute Gasteiger partial charge is 0.493 e. The van der Waals surface area contributed by atoms with E-state index in [0.29, 0.717) is 27.8 Å². The van der Waals surface area contributed by atoms with Crippen LogP contribution in [0, 0.1) is 6.92 Å². The van der Waals surface area contributed by atoms with Crippen LogP contribution in [0.1, 0.15) is 29.8 Å². The molecule has 2 aromatic rings. The summed E-state index contributed by atoms with van der Waals surface area (Å²) in [6.07, 6.45) is 0.0256. The monoisotopic (exact) mass is 333 g/mol. The van der Waals surface area contributed by atoms with Crippen LogP contribution in [-0.2, 0) is 0 Å². The summed E-state index contributed by atoms with van der Waals surface area (Å²) in [5.41, 5.74) is 2.11. The fraction of sp³-hybridized carbons (Fsp3) is 0.278. The lowest BCUT2D eigenvalue weighted by atomic mass is 10.1. The molecule has 2 rings (SSSR count). The van der Waals surface area contributed by atoms with Crippen LogP contribution in [0.3, 0.4) is 0 Å². The van der Waals surface area contributed by atoms with E-state index in [0.717, 1.165) is 5.56 Å². The summed E-state index contributed by atoms with van der Waals surface area (Å²) in [7, 11) is 1.55. The van der Waals surface area contributed by atoms with Gasteiger partial charge in [0.05, 0.1) is 13.2 Å². The Morgan fingerprint density at radius 3 is 2.52 bits per heavy atom. The zero-order chi connectivity index (χ0) is 17.0. The Morgan fingerprint density at radius 2 is 1.87 bits per heavy atom. The van der Waals surface area contributed by atoms with Crippen LogP contribution in [0.4, 0.5) is 5.69 Å². The molecule has 2 aromatic carbocycles. The minimum Gasteiger partial charge on any atom is -0.493 e. The lowest BCUT2D eigenvalue weighted by Gasteiger charge is -2.15. The molecule has 122 valence electrons. The number of benzene rings is 2. The smallest absolute Gasteiger partial charge is 0.255 e. The minimum atomic E-state index is -0.232. The topological polar surface area (TPSA) is 47.6 Å². The quantitative estimate of drug-likeness (QED) is 0.863. The number of hydrogen-bond acceptors (Lipinski definition) is 3. The second-order valence-electron chi connectivity index (χ2n) is 5.45. The van der Waals surface area contributed by atoms with E-state index in [1.165, 1.54) is 0 Å². The second kappa shape index (κ2) is 7.38. The number of ether oxygens (including phenoxy) is 2. The molecule has 0 heterocycles. The average Bonchev–Trinajstić information content (AvgIpc) is 2.50. The highest BCUT2D eigenvalue weighted by Crippen LogP contribution is 2.29. The maximum atomic E-state index is 12.4. The van der Waals surface area contributed by atoms with Crippen molar-refractivity contribution in [2.24, 2.45) is 0 Å². The highest BCUT2D eigenvalue weighted by Gasteiger charge is 2.13. The van der Waals surface area contributed by atoms with Crippen molar-refractivity contribution in [3.8, 4) is 11.5 Å². The number of amides is 1. The van der Waals surface area contributed by atoms with E-state index in [-0.39, 0.29) is 12.0 Å². The number of hydrogen-bond donors (Lipinski definition) is 1. The Bertz CT molecular complexity index is 713. The van der Waals surface area contributed by atoms with Crippen molar-refractivity contribution in [1.29, 1.82) is 0 Å². The number of carbonyl (C=O) groups is 1. The van der Waals surface area contributed by atoms with Gasteiger partial charge in [-0.2, -0.15) is 0 Å². The number of carbonyl (C=O) groups excluding carboxylic acids is 1. The van der Waals surface area contributed by atoms with Crippen LogP contribution in [-0.4, -0.2) is 19.1 Å². The zero-order valence-electron chi connectivity index (χ0n) is 13.6. The van der Waals surface area contributed by atoms with Gasteiger partial charge in [-0.05, 0) is 56.7 Å². The molecule has 0 unspecified atom stereocenters. The Labute approximate surface area is 141 Å². The third-order valence-electron chi connectivity index (χ3n) is 3.24. The van der Waals surface area contributed by atoms with Crippen molar-refractivity contribution >= 4 is 23.2 Å². The van der Waals surface area contributed by atoms with Crippen LogP contribution in [0.2, 0.25) is 5.02 Å². The first-order valence-electron chi connectivity index (χ1n) is 7.33. The fourth-order valence-electron chi connectivity index (χ4n) is 2.08. The summed E-state index contributed by atoms with van der Waals surface area (Å²) in [6, 6.07) is 10.5. The number of methoxy groups -OCH3 is 1. The first-order valence-corrected chi connectivity index (χ1v) is 7.70. The van der Waals surface area contributed by atoms with Crippen molar-refractivity contribution in [3.05, 3.63) is 52.5 Å². The highest BCUT2D eigenvalue weighted by molar-refractivity contribution is 6.31. The summed E-state index contributed by atoms with van der Waals surface area (Å²) in [4.78, 5) is 12.4. The Hall–Kier alpha value is -2.20. The SMILES string of the molecule is COc1cc(C(=O)Nc2cc(Cl)ccc2C)ccc1OC(C)C. The van der Waals surface area contributed by atoms with Crippen LogP contribution in [0.25, 0.3) is 0 Å². The van der Waals surface area contributed by atoms with Crippen molar-refractivity contribution in [3.63, 3.8) is 0 Å². The molecule has 0 radical (unpaired) electrons. The van der Waals surface area contributed by atoms with E-state index in [4.69, 9.17) is 21.1 Å². The molecule has 1 amide bonds. The van der Waals surface area contributed by atoms with Crippen LogP contribution in [0.5, 0.6) is 11.5 Å².